The molecule has 1 saturated heterocycles. The van der Waals surface area contributed by atoms with Gasteiger partial charge in [-0.15, -0.1) is 0 Å². The molecule has 1 unspecified atom stereocenters. The van der Waals surface area contributed by atoms with Crippen LogP contribution in [0.5, 0.6) is 0 Å². The molecule has 7 nitrogen and oxygen atoms in total. The predicted octanol–water partition coefficient (Wildman–Crippen LogP) is 4.41. The lowest BCUT2D eigenvalue weighted by atomic mass is 10.1. The molecular formula is C24H28ClN5O2. The number of para-hydroxylation sites is 1. The lowest BCUT2D eigenvalue weighted by Gasteiger charge is -2.36. The molecule has 2 heterocycles. The van der Waals surface area contributed by atoms with Crippen LogP contribution in [0.15, 0.2) is 53.1 Å². The minimum atomic E-state index is -0.0246. The first-order valence-corrected chi connectivity index (χ1v) is 11.3. The third-order valence-corrected chi connectivity index (χ3v) is 6.20. The number of piperazine rings is 1. The van der Waals surface area contributed by atoms with E-state index in [2.05, 4.69) is 39.1 Å². The number of rotatable bonds is 7. The molecule has 3 aromatic rings. The molecule has 0 spiro atoms. The molecule has 1 amide bonds. The van der Waals surface area contributed by atoms with Crippen molar-refractivity contribution in [1.29, 1.82) is 0 Å². The summed E-state index contributed by atoms with van der Waals surface area (Å²) < 4.78 is 5.56. The minimum Gasteiger partial charge on any atom is -0.337 e. The van der Waals surface area contributed by atoms with Crippen LogP contribution in [0.4, 0.5) is 5.69 Å². The maximum Gasteiger partial charge on any atom is 0.244 e. The van der Waals surface area contributed by atoms with E-state index in [1.54, 1.807) is 6.07 Å². The van der Waals surface area contributed by atoms with Crippen LogP contribution in [0, 0.1) is 6.92 Å². The van der Waals surface area contributed by atoms with Gasteiger partial charge in [0.15, 0.2) is 0 Å². The third-order valence-electron chi connectivity index (χ3n) is 5.87. The van der Waals surface area contributed by atoms with E-state index in [4.69, 9.17) is 16.1 Å². The first-order valence-electron chi connectivity index (χ1n) is 10.9. The maximum atomic E-state index is 12.3. The van der Waals surface area contributed by atoms with E-state index in [1.165, 1.54) is 5.56 Å². The number of anilines is 1. The number of aryl methyl sites for hydroxylation is 1. The van der Waals surface area contributed by atoms with Crippen LogP contribution in [0.1, 0.15) is 30.8 Å². The van der Waals surface area contributed by atoms with Gasteiger partial charge in [-0.1, -0.05) is 58.7 Å². The standard InChI is InChI=1S/C24H28ClN5O2/c1-17-7-9-19(10-8-17)23-27-24(32-28-23)18(2)30-15-13-29(14-16-30)12-11-22(31)26-21-6-4-3-5-20(21)25/h3-10,18H,11-16H2,1-2H3,(H,26,31). The van der Waals surface area contributed by atoms with E-state index in [0.717, 1.165) is 38.3 Å². The molecule has 32 heavy (non-hydrogen) atoms. The van der Waals surface area contributed by atoms with Crippen molar-refractivity contribution in [2.75, 3.05) is 38.0 Å². The number of benzene rings is 2. The van der Waals surface area contributed by atoms with Gasteiger partial charge in [0.2, 0.25) is 17.6 Å². The average Bonchev–Trinajstić information content (AvgIpc) is 3.30. The summed E-state index contributed by atoms with van der Waals surface area (Å²) in [6, 6.07) is 15.4. The molecule has 4 rings (SSSR count). The Morgan fingerprint density at radius 3 is 2.56 bits per heavy atom. The van der Waals surface area contributed by atoms with E-state index in [0.29, 0.717) is 28.8 Å². The van der Waals surface area contributed by atoms with Crippen LogP contribution in [0.2, 0.25) is 5.02 Å². The Kier molecular flexibility index (Phi) is 7.19. The topological polar surface area (TPSA) is 74.5 Å². The Hall–Kier alpha value is -2.74. The van der Waals surface area contributed by atoms with Gasteiger partial charge in [-0.3, -0.25) is 9.69 Å². The van der Waals surface area contributed by atoms with Gasteiger partial charge in [0.1, 0.15) is 0 Å². The number of hydrogen-bond acceptors (Lipinski definition) is 6. The largest absolute Gasteiger partial charge is 0.337 e. The summed E-state index contributed by atoms with van der Waals surface area (Å²) in [6.45, 7) is 8.42. The van der Waals surface area contributed by atoms with Crippen molar-refractivity contribution in [2.24, 2.45) is 0 Å². The molecule has 1 aliphatic rings. The van der Waals surface area contributed by atoms with E-state index in [-0.39, 0.29) is 11.9 Å². The number of hydrogen-bond donors (Lipinski definition) is 1. The number of nitrogens with zero attached hydrogens (tertiary/aromatic N) is 4. The highest BCUT2D eigenvalue weighted by atomic mass is 35.5. The van der Waals surface area contributed by atoms with Crippen molar-refractivity contribution in [3.63, 3.8) is 0 Å². The van der Waals surface area contributed by atoms with Crippen LogP contribution in [0.3, 0.4) is 0 Å². The van der Waals surface area contributed by atoms with Gasteiger partial charge >= 0.3 is 0 Å². The normalized spacial score (nSPS) is 16.1. The van der Waals surface area contributed by atoms with E-state index in [9.17, 15) is 4.79 Å². The van der Waals surface area contributed by atoms with E-state index in [1.807, 2.05) is 42.5 Å². The van der Waals surface area contributed by atoms with E-state index >= 15 is 0 Å². The van der Waals surface area contributed by atoms with Crippen molar-refractivity contribution in [1.82, 2.24) is 19.9 Å². The molecule has 2 aromatic carbocycles. The molecule has 0 aliphatic carbocycles. The molecule has 1 N–H and O–H groups in total. The molecule has 168 valence electrons. The molecule has 1 fully saturated rings. The smallest absolute Gasteiger partial charge is 0.244 e. The summed E-state index contributed by atoms with van der Waals surface area (Å²) in [4.78, 5) is 21.5. The van der Waals surface area contributed by atoms with Gasteiger partial charge in [0.25, 0.3) is 0 Å². The zero-order valence-electron chi connectivity index (χ0n) is 18.4. The summed E-state index contributed by atoms with van der Waals surface area (Å²) in [5.74, 6) is 1.23. The Labute approximate surface area is 193 Å². The van der Waals surface area contributed by atoms with Crippen LogP contribution >= 0.6 is 11.6 Å². The summed E-state index contributed by atoms with van der Waals surface area (Å²) in [6.07, 6.45) is 0.435. The van der Waals surface area contributed by atoms with Gasteiger partial charge in [-0.25, -0.2) is 0 Å². The SMILES string of the molecule is Cc1ccc(-c2noc(C(C)N3CCN(CCC(=O)Nc4ccccc4Cl)CC3)n2)cc1. The van der Waals surface area contributed by atoms with Crippen molar-refractivity contribution in [3.05, 3.63) is 65.0 Å². The summed E-state index contributed by atoms with van der Waals surface area (Å²) in [5, 5.41) is 7.59. The second-order valence-electron chi connectivity index (χ2n) is 8.15. The summed E-state index contributed by atoms with van der Waals surface area (Å²) in [7, 11) is 0. The van der Waals surface area contributed by atoms with Crippen LogP contribution in [0.25, 0.3) is 11.4 Å². The number of aromatic nitrogens is 2. The van der Waals surface area contributed by atoms with E-state index < -0.39 is 0 Å². The molecule has 0 radical (unpaired) electrons. The summed E-state index contributed by atoms with van der Waals surface area (Å²) in [5.41, 5.74) is 2.81. The Bertz CT molecular complexity index is 1040. The van der Waals surface area contributed by atoms with Crippen molar-refractivity contribution in [2.45, 2.75) is 26.3 Å². The first-order chi connectivity index (χ1) is 15.5. The second-order valence-corrected chi connectivity index (χ2v) is 8.56. The molecular weight excluding hydrogens is 426 g/mol. The number of halogens is 1. The number of carbonyl (C=O) groups is 1. The van der Waals surface area contributed by atoms with Gasteiger partial charge in [-0.2, -0.15) is 4.98 Å². The lowest BCUT2D eigenvalue weighted by molar-refractivity contribution is -0.116. The maximum absolute atomic E-state index is 12.3. The first kappa shape index (κ1) is 22.5. The molecule has 0 bridgehead atoms. The minimum absolute atomic E-state index is 0.0246. The molecule has 1 aromatic heterocycles. The van der Waals surface area contributed by atoms with Gasteiger partial charge in [-0.05, 0) is 26.0 Å². The highest BCUT2D eigenvalue weighted by Gasteiger charge is 2.26. The fraction of sp³-hybridized carbons (Fsp3) is 0.375. The summed E-state index contributed by atoms with van der Waals surface area (Å²) >= 11 is 6.11. The van der Waals surface area contributed by atoms with Gasteiger partial charge in [0, 0.05) is 44.7 Å². The highest BCUT2D eigenvalue weighted by Crippen LogP contribution is 2.24. The zero-order chi connectivity index (χ0) is 22.5. The van der Waals surface area contributed by atoms with Crippen molar-refractivity contribution >= 4 is 23.2 Å². The van der Waals surface area contributed by atoms with Crippen molar-refractivity contribution in [3.8, 4) is 11.4 Å². The molecule has 1 atom stereocenters. The predicted molar refractivity (Wildman–Crippen MR) is 126 cm³/mol. The second kappa shape index (κ2) is 10.3. The number of carbonyl (C=O) groups excluding carboxylic acids is 1. The molecule has 8 heteroatoms. The Morgan fingerprint density at radius 1 is 1.12 bits per heavy atom. The lowest BCUT2D eigenvalue weighted by Crippen LogP contribution is -2.47. The zero-order valence-corrected chi connectivity index (χ0v) is 19.2. The quantitative estimate of drug-likeness (QED) is 0.571. The third kappa shape index (κ3) is 5.54. The van der Waals surface area contributed by atoms with Gasteiger partial charge in [0.05, 0.1) is 16.8 Å². The molecule has 0 saturated carbocycles. The van der Waals surface area contributed by atoms with Crippen molar-refractivity contribution < 1.29 is 9.32 Å². The molecule has 1 aliphatic heterocycles. The Balaban J connectivity index is 1.24. The average molecular weight is 454 g/mol. The van der Waals surface area contributed by atoms with Crippen LogP contribution in [-0.4, -0.2) is 58.6 Å². The van der Waals surface area contributed by atoms with Gasteiger partial charge < -0.3 is 14.7 Å². The monoisotopic (exact) mass is 453 g/mol. The number of amides is 1. The van der Waals surface area contributed by atoms with Crippen LogP contribution in [-0.2, 0) is 4.79 Å². The Morgan fingerprint density at radius 2 is 1.84 bits per heavy atom. The highest BCUT2D eigenvalue weighted by molar-refractivity contribution is 6.33. The van der Waals surface area contributed by atoms with Crippen LogP contribution < -0.4 is 5.32 Å². The fourth-order valence-electron chi connectivity index (χ4n) is 3.79. The number of nitrogens with one attached hydrogen (secondary N) is 1. The fourth-order valence-corrected chi connectivity index (χ4v) is 3.97.